The molecule has 1 N–H and O–H groups in total. The van der Waals surface area contributed by atoms with Crippen LogP contribution < -0.4 is 16.2 Å². The van der Waals surface area contributed by atoms with E-state index in [4.69, 9.17) is 9.40 Å². The van der Waals surface area contributed by atoms with Crippen LogP contribution in [0.5, 0.6) is 0 Å². The van der Waals surface area contributed by atoms with Crippen molar-refractivity contribution in [1.29, 1.82) is 0 Å². The van der Waals surface area contributed by atoms with Crippen LogP contribution in [0.15, 0.2) is 162 Å². The fourth-order valence-corrected chi connectivity index (χ4v) is 12.0. The van der Waals surface area contributed by atoms with Gasteiger partial charge in [0.25, 0.3) is 0 Å². The Balaban J connectivity index is 1.19. The van der Waals surface area contributed by atoms with Crippen molar-refractivity contribution in [2.45, 2.75) is 84.4 Å². The minimum absolute atomic E-state index is 0.00872. The van der Waals surface area contributed by atoms with Crippen molar-refractivity contribution in [2.24, 2.45) is 0 Å². The van der Waals surface area contributed by atoms with E-state index in [1.807, 2.05) is 18.2 Å². The summed E-state index contributed by atoms with van der Waals surface area (Å²) >= 11 is 0. The van der Waals surface area contributed by atoms with Crippen LogP contribution in [-0.4, -0.2) is 20.8 Å². The van der Waals surface area contributed by atoms with Gasteiger partial charge in [-0.3, -0.25) is 0 Å². The van der Waals surface area contributed by atoms with E-state index in [-0.39, 0.29) is 23.0 Å². The monoisotopic (exact) mass is 882 g/mol. The van der Waals surface area contributed by atoms with E-state index in [0.29, 0.717) is 5.89 Å². The first-order chi connectivity index (χ1) is 32.7. The fourth-order valence-electron chi connectivity index (χ4n) is 12.0. The molecule has 0 unspecified atom stereocenters. The van der Waals surface area contributed by atoms with Gasteiger partial charge in [0.05, 0.1) is 27.8 Å². The van der Waals surface area contributed by atoms with E-state index in [9.17, 15) is 0 Å². The molecule has 0 atom stereocenters. The first kappa shape index (κ1) is 40.9. The molecule has 3 aromatic heterocycles. The van der Waals surface area contributed by atoms with E-state index >= 15 is 0 Å². The summed E-state index contributed by atoms with van der Waals surface area (Å²) < 4.78 is 11.9. The Bertz CT molecular complexity index is 3820. The molecule has 4 heterocycles. The van der Waals surface area contributed by atoms with Crippen molar-refractivity contribution < 1.29 is 4.42 Å². The van der Waals surface area contributed by atoms with Crippen molar-refractivity contribution in [3.05, 3.63) is 174 Å². The Hall–Kier alpha value is -7.31. The number of nitrogens with zero attached hydrogens (tertiary/aromatic N) is 3. The molecule has 0 radical (unpaired) electrons. The first-order valence-corrected chi connectivity index (χ1v) is 24.4. The SMILES string of the molecule is CB1c2cc3nc(-c4ccccc4)oc3cc2-n2c3cc4c(cc3c3c(-n5c6ccccc6c6ccccc65)cc(-c5ccccc5Nc5ccc(C(C)(C)C)cc5)c1c32)C(C)(C)CCC4(C)C. The topological polar surface area (TPSA) is 47.9 Å². The van der Waals surface area contributed by atoms with Gasteiger partial charge >= 0.3 is 0 Å². The van der Waals surface area contributed by atoms with Gasteiger partial charge in [0.2, 0.25) is 12.6 Å². The Morgan fingerprint density at radius 2 is 1.24 bits per heavy atom. The summed E-state index contributed by atoms with van der Waals surface area (Å²) in [5, 5.41) is 8.97. The molecule has 0 fully saturated rings. The van der Waals surface area contributed by atoms with Gasteiger partial charge in [0.1, 0.15) is 5.52 Å². The van der Waals surface area contributed by atoms with Crippen molar-refractivity contribution in [2.75, 3.05) is 5.32 Å². The maximum atomic E-state index is 6.71. The number of hydrogen-bond donors (Lipinski definition) is 1. The molecule has 332 valence electrons. The van der Waals surface area contributed by atoms with Gasteiger partial charge in [-0.15, -0.1) is 0 Å². The average Bonchev–Trinajstić information content (AvgIpc) is 4.02. The van der Waals surface area contributed by atoms with Crippen LogP contribution in [-0.2, 0) is 16.2 Å². The lowest BCUT2D eigenvalue weighted by Crippen LogP contribution is -2.46. The summed E-state index contributed by atoms with van der Waals surface area (Å²) in [6.45, 7) is 19.0. The average molecular weight is 883 g/mol. The molecule has 6 heteroatoms. The summed E-state index contributed by atoms with van der Waals surface area (Å²) in [5.41, 5.74) is 21.2. The lowest BCUT2D eigenvalue weighted by molar-refractivity contribution is 0.332. The molecule has 8 aromatic carbocycles. The summed E-state index contributed by atoms with van der Waals surface area (Å²) in [6.07, 6.45) is 2.28. The highest BCUT2D eigenvalue weighted by molar-refractivity contribution is 6.88. The normalized spacial score (nSPS) is 15.1. The van der Waals surface area contributed by atoms with Crippen LogP contribution in [0.4, 0.5) is 11.4 Å². The number of rotatable bonds is 5. The van der Waals surface area contributed by atoms with Crippen LogP contribution in [0.25, 0.3) is 88.7 Å². The Morgan fingerprint density at radius 3 is 1.93 bits per heavy atom. The molecule has 68 heavy (non-hydrogen) atoms. The number of para-hydroxylation sites is 3. The zero-order chi connectivity index (χ0) is 46.4. The van der Waals surface area contributed by atoms with Crippen LogP contribution in [0.2, 0.25) is 6.82 Å². The van der Waals surface area contributed by atoms with Crippen molar-refractivity contribution in [1.82, 2.24) is 14.1 Å². The van der Waals surface area contributed by atoms with E-state index in [2.05, 4.69) is 209 Å². The number of benzene rings is 8. The van der Waals surface area contributed by atoms with Crippen LogP contribution in [0, 0.1) is 0 Å². The molecule has 0 amide bonds. The van der Waals surface area contributed by atoms with Crippen LogP contribution >= 0.6 is 0 Å². The molecular formula is C62H55BN4O. The molecule has 2 aliphatic rings. The number of hydrogen-bond acceptors (Lipinski definition) is 3. The number of aromatic nitrogens is 3. The van der Waals surface area contributed by atoms with Gasteiger partial charge < -0.3 is 18.9 Å². The van der Waals surface area contributed by atoms with Crippen molar-refractivity contribution in [3.63, 3.8) is 0 Å². The van der Waals surface area contributed by atoms with Gasteiger partial charge in [0, 0.05) is 55.8 Å². The maximum Gasteiger partial charge on any atom is 0.227 e. The molecule has 0 saturated heterocycles. The third-order valence-corrected chi connectivity index (χ3v) is 15.8. The molecule has 11 aromatic rings. The zero-order valence-electron chi connectivity index (χ0n) is 40.3. The third kappa shape index (κ3) is 5.98. The molecule has 5 nitrogen and oxygen atoms in total. The quantitative estimate of drug-likeness (QED) is 0.175. The van der Waals surface area contributed by atoms with Gasteiger partial charge in [-0.2, -0.15) is 0 Å². The third-order valence-electron chi connectivity index (χ3n) is 15.8. The second kappa shape index (κ2) is 14.4. The predicted molar refractivity (Wildman–Crippen MR) is 288 cm³/mol. The highest BCUT2D eigenvalue weighted by atomic mass is 16.3. The minimum atomic E-state index is 0.00872. The highest BCUT2D eigenvalue weighted by Gasteiger charge is 2.40. The summed E-state index contributed by atoms with van der Waals surface area (Å²) in [4.78, 5) is 5.15. The smallest absolute Gasteiger partial charge is 0.227 e. The second-order valence-electron chi connectivity index (χ2n) is 22.0. The standard InChI is InChI=1S/C62H55BN4O/c1-60(2,3)38-26-28-39(29-27-38)64-48-23-15-12-20-40(48)43-33-54(66-50-24-16-13-21-41(50)42-22-14-17-25-51(42)66)56-44-32-45-46(62(6,7)31-30-61(45,4)5)34-52(44)67-53-36-55-49(35-47(53)63(8)57(43)58(56)67)65-59(68-55)37-18-10-9-11-19-37/h9-29,32-36,64H,30-31H2,1-8H3. The Morgan fingerprint density at radius 1 is 0.603 bits per heavy atom. The molecular weight excluding hydrogens is 828 g/mol. The molecule has 0 spiro atoms. The molecule has 0 bridgehead atoms. The van der Waals surface area contributed by atoms with E-state index in [1.165, 1.54) is 82.5 Å². The molecule has 1 aliphatic carbocycles. The highest BCUT2D eigenvalue weighted by Crippen LogP contribution is 2.51. The van der Waals surface area contributed by atoms with Gasteiger partial charge in [-0.25, -0.2) is 4.98 Å². The Kier molecular flexibility index (Phi) is 8.64. The van der Waals surface area contributed by atoms with Crippen LogP contribution in [0.3, 0.4) is 0 Å². The minimum Gasteiger partial charge on any atom is -0.436 e. The van der Waals surface area contributed by atoms with Gasteiger partial charge in [0.15, 0.2) is 5.58 Å². The van der Waals surface area contributed by atoms with Crippen molar-refractivity contribution >= 4 is 83.7 Å². The maximum absolute atomic E-state index is 6.71. The molecule has 1 aliphatic heterocycles. The lowest BCUT2D eigenvalue weighted by Gasteiger charge is -2.42. The second-order valence-corrected chi connectivity index (χ2v) is 22.0. The summed E-state index contributed by atoms with van der Waals surface area (Å²) in [7, 11) is 0. The molecule has 0 saturated carbocycles. The van der Waals surface area contributed by atoms with E-state index in [1.54, 1.807) is 0 Å². The largest absolute Gasteiger partial charge is 0.436 e. The number of fused-ring (bicyclic) bond motifs is 10. The molecule has 13 rings (SSSR count). The summed E-state index contributed by atoms with van der Waals surface area (Å²) in [6, 6.07) is 58.3. The number of nitrogens with one attached hydrogen (secondary N) is 1. The van der Waals surface area contributed by atoms with Crippen LogP contribution in [0.1, 0.15) is 78.0 Å². The number of oxazole rings is 1. The summed E-state index contributed by atoms with van der Waals surface area (Å²) in [5.74, 6) is 0.638. The van der Waals surface area contributed by atoms with Gasteiger partial charge in [-0.1, -0.05) is 140 Å². The Labute approximate surface area is 398 Å². The van der Waals surface area contributed by atoms with E-state index in [0.717, 1.165) is 52.1 Å². The van der Waals surface area contributed by atoms with Crippen molar-refractivity contribution in [3.8, 4) is 34.0 Å². The lowest BCUT2D eigenvalue weighted by atomic mass is 9.40. The first-order valence-electron chi connectivity index (χ1n) is 24.4. The predicted octanol–water partition coefficient (Wildman–Crippen LogP) is 15.3. The zero-order valence-corrected chi connectivity index (χ0v) is 40.3. The van der Waals surface area contributed by atoms with Gasteiger partial charge in [-0.05, 0) is 129 Å². The fraction of sp³-hybridized carbons (Fsp3) is 0.210. The van der Waals surface area contributed by atoms with E-state index < -0.39 is 0 Å². The number of anilines is 2.